The van der Waals surface area contributed by atoms with Gasteiger partial charge in [-0.2, -0.15) is 16.7 Å². The van der Waals surface area contributed by atoms with E-state index in [1.165, 1.54) is 0 Å². The molecule has 0 aliphatic rings. The van der Waals surface area contributed by atoms with Gasteiger partial charge in [0.2, 0.25) is 0 Å². The minimum absolute atomic E-state index is 0. The second kappa shape index (κ2) is 16.3. The molecule has 0 unspecified atom stereocenters. The third-order valence-corrected chi connectivity index (χ3v) is 9.68. The number of benzene rings is 6. The van der Waals surface area contributed by atoms with Crippen molar-refractivity contribution in [3.63, 3.8) is 0 Å². The van der Waals surface area contributed by atoms with E-state index < -0.39 is 0 Å². The molecular formula is C49H38N4O3Pt. The van der Waals surface area contributed by atoms with Crippen molar-refractivity contribution in [1.82, 2.24) is 19.3 Å². The summed E-state index contributed by atoms with van der Waals surface area (Å²) in [6.45, 7) is 6.99. The summed E-state index contributed by atoms with van der Waals surface area (Å²) in [7, 11) is 0. The number of aryl methyl sites for hydroxylation is 3. The summed E-state index contributed by atoms with van der Waals surface area (Å²) < 4.78 is 23.5. The molecule has 0 amide bonds. The molecule has 0 saturated carbocycles. The van der Waals surface area contributed by atoms with Crippen LogP contribution in [0, 0.1) is 32.9 Å². The number of nitrogens with zero attached hydrogens (tertiary/aromatic N) is 4. The molecule has 0 fully saturated rings. The molecule has 3 heterocycles. The van der Waals surface area contributed by atoms with Crippen molar-refractivity contribution in [3.05, 3.63) is 192 Å². The average Bonchev–Trinajstić information content (AvgIpc) is 3.83. The second-order valence-electron chi connectivity index (χ2n) is 14.0. The maximum Gasteiger partial charge on any atom is 2.00 e. The van der Waals surface area contributed by atoms with Gasteiger partial charge in [-0.3, -0.25) is 4.68 Å². The molecular weight excluding hydrogens is 888 g/mol. The van der Waals surface area contributed by atoms with Gasteiger partial charge in [0, 0.05) is 35.0 Å². The molecule has 9 aromatic rings. The number of ether oxygens (including phenoxy) is 3. The summed E-state index contributed by atoms with van der Waals surface area (Å²) in [6.07, 6.45) is 5.66. The number of aromatic nitrogens is 4. The first-order valence-electron chi connectivity index (χ1n) is 18.6. The molecule has 0 spiro atoms. The van der Waals surface area contributed by atoms with Crippen LogP contribution >= 0.6 is 0 Å². The minimum atomic E-state index is 0. The number of hydrogen-bond acceptors (Lipinski definition) is 5. The Balaban J connectivity index is 0.00000455. The molecule has 57 heavy (non-hydrogen) atoms. The van der Waals surface area contributed by atoms with Crippen LogP contribution in [0.5, 0.6) is 23.0 Å². The van der Waals surface area contributed by atoms with Crippen LogP contribution in [0.15, 0.2) is 152 Å². The molecule has 0 bridgehead atoms. The normalized spacial score (nSPS) is 11.1. The fraction of sp³-hybridized carbons (Fsp3) is 0.102. The van der Waals surface area contributed by atoms with Gasteiger partial charge in [0.15, 0.2) is 0 Å². The van der Waals surface area contributed by atoms with E-state index in [0.29, 0.717) is 24.7 Å². The molecule has 0 saturated heterocycles. The van der Waals surface area contributed by atoms with Crippen molar-refractivity contribution in [2.45, 2.75) is 34.0 Å². The van der Waals surface area contributed by atoms with Crippen LogP contribution in [-0.4, -0.2) is 19.3 Å². The largest absolute Gasteiger partial charge is 2.00 e. The Labute approximate surface area is 346 Å². The first-order chi connectivity index (χ1) is 27.4. The predicted molar refractivity (Wildman–Crippen MR) is 221 cm³/mol. The standard InChI is InChI=1S/C49H38N4O3.Pt/c1-33-20-21-50-48(26-33)53-44-17-11-10-16-42(44)43-19-18-40(28-45(43)53)56-41-23-34(2)22-39(27-41)52-30-38(29-51-52)49-46(54-31-36-12-6-4-7-13-36)24-35(3)25-47(49)55-32-37-14-8-5-9-15-37;/h4-26,29-30H,31-32H2,1-3H3;/q-2;+2. The van der Waals surface area contributed by atoms with Crippen molar-refractivity contribution in [3.8, 4) is 45.6 Å². The van der Waals surface area contributed by atoms with Crippen molar-refractivity contribution in [2.24, 2.45) is 0 Å². The van der Waals surface area contributed by atoms with Crippen LogP contribution in [0.1, 0.15) is 27.8 Å². The summed E-state index contributed by atoms with van der Waals surface area (Å²) in [5, 5.41) is 7.01. The number of para-hydroxylation sites is 1. The topological polar surface area (TPSA) is 63.3 Å². The van der Waals surface area contributed by atoms with Gasteiger partial charge in [0.1, 0.15) is 30.5 Å². The number of hydrogen-bond donors (Lipinski definition) is 0. The second-order valence-corrected chi connectivity index (χ2v) is 14.0. The summed E-state index contributed by atoms with van der Waals surface area (Å²) in [4.78, 5) is 4.71. The zero-order valence-corrected chi connectivity index (χ0v) is 34.0. The minimum Gasteiger partial charge on any atom is -0.509 e. The zero-order valence-electron chi connectivity index (χ0n) is 31.7. The monoisotopic (exact) mass is 925 g/mol. The Morgan fingerprint density at radius 1 is 0.614 bits per heavy atom. The maximum atomic E-state index is 6.51. The fourth-order valence-corrected chi connectivity index (χ4v) is 7.06. The van der Waals surface area contributed by atoms with Gasteiger partial charge in [0.25, 0.3) is 0 Å². The fourth-order valence-electron chi connectivity index (χ4n) is 7.06. The molecule has 0 radical (unpaired) electrons. The molecule has 0 N–H and O–H groups in total. The van der Waals surface area contributed by atoms with Crippen LogP contribution in [0.25, 0.3) is 44.4 Å². The van der Waals surface area contributed by atoms with Gasteiger partial charge < -0.3 is 18.8 Å². The number of rotatable bonds is 11. The van der Waals surface area contributed by atoms with E-state index in [2.05, 4.69) is 97.3 Å². The smallest absolute Gasteiger partial charge is 0.509 e. The van der Waals surface area contributed by atoms with E-state index in [-0.39, 0.29) is 21.1 Å². The summed E-state index contributed by atoms with van der Waals surface area (Å²) in [6, 6.07) is 51.9. The van der Waals surface area contributed by atoms with E-state index in [0.717, 1.165) is 83.8 Å². The number of pyridine rings is 1. The van der Waals surface area contributed by atoms with E-state index in [1.807, 2.05) is 96.9 Å². The van der Waals surface area contributed by atoms with E-state index in [9.17, 15) is 0 Å². The molecule has 0 aliphatic heterocycles. The van der Waals surface area contributed by atoms with E-state index >= 15 is 0 Å². The summed E-state index contributed by atoms with van der Waals surface area (Å²) >= 11 is 0. The van der Waals surface area contributed by atoms with Crippen LogP contribution in [0.4, 0.5) is 0 Å². The Hall–Kier alpha value is -6.43. The molecule has 7 nitrogen and oxygen atoms in total. The van der Waals surface area contributed by atoms with E-state index in [4.69, 9.17) is 24.3 Å². The van der Waals surface area contributed by atoms with Gasteiger partial charge in [-0.15, -0.1) is 35.7 Å². The van der Waals surface area contributed by atoms with Crippen molar-refractivity contribution >= 4 is 21.8 Å². The Morgan fingerprint density at radius 3 is 1.98 bits per heavy atom. The summed E-state index contributed by atoms with van der Waals surface area (Å²) in [5.41, 5.74) is 9.68. The van der Waals surface area contributed by atoms with Crippen LogP contribution in [0.2, 0.25) is 0 Å². The Morgan fingerprint density at radius 2 is 1.28 bits per heavy atom. The van der Waals surface area contributed by atoms with Crippen LogP contribution in [-0.2, 0) is 34.3 Å². The molecule has 9 rings (SSSR count). The SMILES string of the molecule is Cc1cc(Oc2[c-]c3c(cc2)c2ccccc2n3-c2cc(C)ccn2)[c-]c(-n2cc(-c3c(OCc4ccccc4)cc(C)cc3OCc3ccccc3)cn2)c1.[Pt+2]. The van der Waals surface area contributed by atoms with Crippen molar-refractivity contribution < 1.29 is 35.3 Å². The van der Waals surface area contributed by atoms with Gasteiger partial charge in [-0.25, -0.2) is 4.98 Å². The van der Waals surface area contributed by atoms with Gasteiger partial charge >= 0.3 is 21.1 Å². The third kappa shape index (κ3) is 7.98. The Bertz CT molecular complexity index is 2770. The van der Waals surface area contributed by atoms with Gasteiger partial charge in [-0.05, 0) is 77.5 Å². The van der Waals surface area contributed by atoms with Crippen molar-refractivity contribution in [1.29, 1.82) is 0 Å². The first kappa shape index (κ1) is 37.5. The zero-order chi connectivity index (χ0) is 38.0. The molecule has 0 atom stereocenters. The summed E-state index contributed by atoms with van der Waals surface area (Å²) in [5.74, 6) is 3.40. The molecule has 0 aliphatic carbocycles. The third-order valence-electron chi connectivity index (χ3n) is 9.68. The predicted octanol–water partition coefficient (Wildman–Crippen LogP) is 11.5. The average molecular weight is 926 g/mol. The molecule has 8 heteroatoms. The van der Waals surface area contributed by atoms with Gasteiger partial charge in [0.05, 0.1) is 11.8 Å². The maximum absolute atomic E-state index is 6.51. The van der Waals surface area contributed by atoms with E-state index in [1.54, 1.807) is 0 Å². The Kier molecular flexibility index (Phi) is 10.8. The van der Waals surface area contributed by atoms with Gasteiger partial charge in [-0.1, -0.05) is 91.3 Å². The van der Waals surface area contributed by atoms with Crippen LogP contribution < -0.4 is 14.2 Å². The first-order valence-corrected chi connectivity index (χ1v) is 18.6. The molecule has 3 aromatic heterocycles. The quantitative estimate of drug-likeness (QED) is 0.121. The van der Waals surface area contributed by atoms with Crippen molar-refractivity contribution in [2.75, 3.05) is 0 Å². The molecule has 6 aromatic carbocycles. The molecule has 282 valence electrons. The number of fused-ring (bicyclic) bond motifs is 3. The van der Waals surface area contributed by atoms with Crippen LogP contribution in [0.3, 0.4) is 0 Å².